The summed E-state index contributed by atoms with van der Waals surface area (Å²) in [5, 5.41) is 10.6. The molecule has 0 fully saturated rings. The number of furan rings is 2. The number of aliphatic hydroxyl groups excluding tert-OH is 1. The summed E-state index contributed by atoms with van der Waals surface area (Å²) >= 11 is 0. The topological polar surface area (TPSA) is 83.9 Å². The molecule has 1 atom stereocenters. The van der Waals surface area contributed by atoms with Gasteiger partial charge in [0.1, 0.15) is 5.76 Å². The lowest BCUT2D eigenvalue weighted by molar-refractivity contribution is -0.130. The van der Waals surface area contributed by atoms with Gasteiger partial charge in [-0.15, -0.1) is 0 Å². The van der Waals surface area contributed by atoms with Gasteiger partial charge in [-0.05, 0) is 41.3 Å². The predicted octanol–water partition coefficient (Wildman–Crippen LogP) is 4.77. The molecule has 3 heterocycles. The molecule has 3 aromatic rings. The van der Waals surface area contributed by atoms with Gasteiger partial charge in [-0.25, -0.2) is 0 Å². The summed E-state index contributed by atoms with van der Waals surface area (Å²) < 4.78 is 10.6. The van der Waals surface area contributed by atoms with Crippen LogP contribution in [0.2, 0.25) is 0 Å². The molecule has 0 saturated carbocycles. The van der Waals surface area contributed by atoms with Gasteiger partial charge in [-0.2, -0.15) is 0 Å². The fourth-order valence-electron chi connectivity index (χ4n) is 3.57. The Morgan fingerprint density at radius 2 is 1.76 bits per heavy atom. The Morgan fingerprint density at radius 3 is 2.34 bits per heavy atom. The SMILES string of the molecule is CC(C)c1ccc(C2C(C(=O)c3ccco3)=C(O)C(=O)N2Cc2ccco2)cc1. The zero-order valence-electron chi connectivity index (χ0n) is 16.2. The summed E-state index contributed by atoms with van der Waals surface area (Å²) in [5.41, 5.74) is 1.88. The zero-order valence-corrected chi connectivity index (χ0v) is 16.2. The summed E-state index contributed by atoms with van der Waals surface area (Å²) in [7, 11) is 0. The van der Waals surface area contributed by atoms with Gasteiger partial charge in [-0.3, -0.25) is 9.59 Å². The summed E-state index contributed by atoms with van der Waals surface area (Å²) in [6, 6.07) is 13.6. The van der Waals surface area contributed by atoms with E-state index in [1.807, 2.05) is 24.3 Å². The molecule has 148 valence electrons. The van der Waals surface area contributed by atoms with Gasteiger partial charge in [-0.1, -0.05) is 38.1 Å². The highest BCUT2D eigenvalue weighted by Crippen LogP contribution is 2.40. The number of carbonyl (C=O) groups is 2. The molecule has 1 aliphatic rings. The number of Topliss-reactive ketones (excluding diaryl/α,β-unsaturated/α-hetero) is 1. The van der Waals surface area contributed by atoms with Crippen LogP contribution in [0.1, 0.15) is 53.2 Å². The van der Waals surface area contributed by atoms with Crippen molar-refractivity contribution in [2.75, 3.05) is 0 Å². The normalized spacial score (nSPS) is 16.9. The Balaban J connectivity index is 1.78. The molecule has 0 saturated heterocycles. The van der Waals surface area contributed by atoms with Crippen LogP contribution in [-0.2, 0) is 11.3 Å². The summed E-state index contributed by atoms with van der Waals surface area (Å²) in [6.07, 6.45) is 2.90. The number of nitrogens with zero attached hydrogens (tertiary/aromatic N) is 1. The molecule has 1 N–H and O–H groups in total. The Labute approximate surface area is 168 Å². The van der Waals surface area contributed by atoms with E-state index in [0.717, 1.165) is 11.1 Å². The van der Waals surface area contributed by atoms with Gasteiger partial charge in [0, 0.05) is 0 Å². The van der Waals surface area contributed by atoms with Crippen molar-refractivity contribution in [2.24, 2.45) is 0 Å². The third kappa shape index (κ3) is 3.38. The van der Waals surface area contributed by atoms with Crippen LogP contribution in [0.4, 0.5) is 0 Å². The van der Waals surface area contributed by atoms with Crippen LogP contribution in [0.15, 0.2) is 81.2 Å². The first-order valence-electron chi connectivity index (χ1n) is 9.42. The van der Waals surface area contributed by atoms with Crippen molar-refractivity contribution in [3.05, 3.63) is 95.0 Å². The number of ketones is 1. The van der Waals surface area contributed by atoms with Crippen molar-refractivity contribution < 1.29 is 23.5 Å². The second-order valence-corrected chi connectivity index (χ2v) is 7.31. The van der Waals surface area contributed by atoms with Crippen molar-refractivity contribution in [1.29, 1.82) is 0 Å². The number of hydrogen-bond donors (Lipinski definition) is 1. The molecule has 0 spiro atoms. The maximum absolute atomic E-state index is 13.1. The van der Waals surface area contributed by atoms with Crippen LogP contribution in [0.25, 0.3) is 0 Å². The Morgan fingerprint density at radius 1 is 1.07 bits per heavy atom. The molecule has 0 bridgehead atoms. The first kappa shape index (κ1) is 18.8. The summed E-state index contributed by atoms with van der Waals surface area (Å²) in [4.78, 5) is 27.4. The quantitative estimate of drug-likeness (QED) is 0.612. The van der Waals surface area contributed by atoms with Crippen molar-refractivity contribution in [3.63, 3.8) is 0 Å². The Kier molecular flexibility index (Phi) is 4.84. The molecular formula is C23H21NO5. The van der Waals surface area contributed by atoms with E-state index in [0.29, 0.717) is 11.7 Å². The summed E-state index contributed by atoms with van der Waals surface area (Å²) in [6.45, 7) is 4.31. The zero-order chi connectivity index (χ0) is 20.5. The molecule has 4 rings (SSSR count). The minimum absolute atomic E-state index is 0.00815. The third-order valence-electron chi connectivity index (χ3n) is 5.12. The van der Waals surface area contributed by atoms with Gasteiger partial charge in [0.2, 0.25) is 5.78 Å². The number of hydrogen-bond acceptors (Lipinski definition) is 5. The van der Waals surface area contributed by atoms with E-state index < -0.39 is 23.5 Å². The number of carbonyl (C=O) groups excluding carboxylic acids is 2. The van der Waals surface area contributed by atoms with E-state index in [1.165, 1.54) is 23.5 Å². The fourth-order valence-corrected chi connectivity index (χ4v) is 3.57. The Bertz CT molecular complexity index is 1040. The molecule has 6 nitrogen and oxygen atoms in total. The summed E-state index contributed by atoms with van der Waals surface area (Å²) in [5.74, 6) is -0.711. The predicted molar refractivity (Wildman–Crippen MR) is 105 cm³/mol. The molecule has 6 heteroatoms. The standard InChI is InChI=1S/C23H21NO5/c1-14(2)15-7-9-16(10-8-15)20-19(21(25)18-6-4-12-29-18)22(26)23(27)24(20)13-17-5-3-11-28-17/h3-12,14,20,26H,13H2,1-2H3. The van der Waals surface area contributed by atoms with Gasteiger partial charge >= 0.3 is 0 Å². The smallest absolute Gasteiger partial charge is 0.290 e. The average molecular weight is 391 g/mol. The lowest BCUT2D eigenvalue weighted by Crippen LogP contribution is -2.30. The van der Waals surface area contributed by atoms with Gasteiger partial charge in [0.25, 0.3) is 5.91 Å². The molecule has 1 amide bonds. The van der Waals surface area contributed by atoms with Crippen LogP contribution >= 0.6 is 0 Å². The molecular weight excluding hydrogens is 370 g/mol. The molecule has 1 unspecified atom stereocenters. The van der Waals surface area contributed by atoms with Gasteiger partial charge in [0.05, 0.1) is 30.7 Å². The molecule has 29 heavy (non-hydrogen) atoms. The number of aliphatic hydroxyl groups is 1. The first-order valence-corrected chi connectivity index (χ1v) is 9.42. The minimum atomic E-state index is -0.744. The second kappa shape index (κ2) is 7.47. The third-order valence-corrected chi connectivity index (χ3v) is 5.12. The largest absolute Gasteiger partial charge is 0.503 e. The highest BCUT2D eigenvalue weighted by molar-refractivity contribution is 6.14. The highest BCUT2D eigenvalue weighted by atomic mass is 16.3. The fraction of sp³-hybridized carbons (Fsp3) is 0.217. The lowest BCUT2D eigenvalue weighted by Gasteiger charge is -2.26. The highest BCUT2D eigenvalue weighted by Gasteiger charge is 2.44. The second-order valence-electron chi connectivity index (χ2n) is 7.31. The monoisotopic (exact) mass is 391 g/mol. The van der Waals surface area contributed by atoms with Crippen molar-refractivity contribution in [1.82, 2.24) is 4.90 Å². The van der Waals surface area contributed by atoms with E-state index in [2.05, 4.69) is 13.8 Å². The minimum Gasteiger partial charge on any atom is -0.503 e. The number of benzene rings is 1. The molecule has 0 aliphatic carbocycles. The van der Waals surface area contributed by atoms with Crippen LogP contribution in [0, 0.1) is 0 Å². The van der Waals surface area contributed by atoms with Crippen LogP contribution in [0.5, 0.6) is 0 Å². The van der Waals surface area contributed by atoms with Crippen LogP contribution in [0.3, 0.4) is 0 Å². The first-order chi connectivity index (χ1) is 14.0. The van der Waals surface area contributed by atoms with E-state index in [1.54, 1.807) is 18.2 Å². The lowest BCUT2D eigenvalue weighted by atomic mass is 9.93. The molecule has 2 aromatic heterocycles. The van der Waals surface area contributed by atoms with E-state index in [4.69, 9.17) is 8.83 Å². The van der Waals surface area contributed by atoms with E-state index in [-0.39, 0.29) is 17.9 Å². The molecule has 0 radical (unpaired) electrons. The molecule has 1 aliphatic heterocycles. The van der Waals surface area contributed by atoms with E-state index in [9.17, 15) is 14.7 Å². The van der Waals surface area contributed by atoms with Crippen LogP contribution < -0.4 is 0 Å². The number of rotatable bonds is 6. The maximum Gasteiger partial charge on any atom is 0.290 e. The average Bonchev–Trinajstić information content (AvgIpc) is 3.46. The van der Waals surface area contributed by atoms with Crippen LogP contribution in [-0.4, -0.2) is 21.7 Å². The molecule has 1 aromatic carbocycles. The maximum atomic E-state index is 13.1. The van der Waals surface area contributed by atoms with Crippen molar-refractivity contribution in [2.45, 2.75) is 32.4 Å². The van der Waals surface area contributed by atoms with E-state index >= 15 is 0 Å². The Hall–Kier alpha value is -3.54. The van der Waals surface area contributed by atoms with Crippen molar-refractivity contribution >= 4 is 11.7 Å². The number of amides is 1. The van der Waals surface area contributed by atoms with Gasteiger partial charge < -0.3 is 18.8 Å². The van der Waals surface area contributed by atoms with Gasteiger partial charge in [0.15, 0.2) is 11.5 Å². The van der Waals surface area contributed by atoms with Crippen molar-refractivity contribution in [3.8, 4) is 0 Å².